The van der Waals surface area contributed by atoms with E-state index in [1.165, 1.54) is 0 Å². The second-order valence-electron chi connectivity index (χ2n) is 5.58. The number of amides is 1. The molecule has 130 valence electrons. The maximum absolute atomic E-state index is 12.6. The first-order valence-electron chi connectivity index (χ1n) is 7.42. The van der Waals surface area contributed by atoms with E-state index in [0.717, 1.165) is 30.1 Å². The number of likely N-dealkylation sites (tertiary alicyclic amines) is 1. The molecule has 2 aromatic rings. The second kappa shape index (κ2) is 7.83. The van der Waals surface area contributed by atoms with Crippen molar-refractivity contribution in [2.75, 3.05) is 19.6 Å². The number of ether oxygens (including phenoxy) is 1. The molecule has 9 heteroatoms. The van der Waals surface area contributed by atoms with Gasteiger partial charge in [0.2, 0.25) is 5.91 Å². The Kier molecular flexibility index (Phi) is 6.04. The Labute approximate surface area is 152 Å². The summed E-state index contributed by atoms with van der Waals surface area (Å²) < 4.78 is 5.77. The molecule has 2 aliphatic heterocycles. The van der Waals surface area contributed by atoms with Crippen LogP contribution >= 0.6 is 24.8 Å². The van der Waals surface area contributed by atoms with Gasteiger partial charge in [-0.25, -0.2) is 4.98 Å². The highest BCUT2D eigenvalue weighted by molar-refractivity contribution is 5.85. The molecule has 0 aliphatic carbocycles. The van der Waals surface area contributed by atoms with Crippen molar-refractivity contribution in [2.45, 2.75) is 18.6 Å². The third-order valence-corrected chi connectivity index (χ3v) is 4.09. The number of imidazole rings is 1. The monoisotopic (exact) mass is 371 g/mol. The van der Waals surface area contributed by atoms with E-state index in [9.17, 15) is 4.79 Å². The van der Waals surface area contributed by atoms with Gasteiger partial charge >= 0.3 is 0 Å². The zero-order valence-corrected chi connectivity index (χ0v) is 14.5. The van der Waals surface area contributed by atoms with Crippen molar-refractivity contribution in [2.24, 2.45) is 0 Å². The topological polar surface area (TPSA) is 83.1 Å². The summed E-state index contributed by atoms with van der Waals surface area (Å²) in [5, 5.41) is 3.25. The Morgan fingerprint density at radius 2 is 2.17 bits per heavy atom. The Balaban J connectivity index is 0.00000104. The molecule has 0 saturated carbocycles. The van der Waals surface area contributed by atoms with Gasteiger partial charge in [-0.1, -0.05) is 0 Å². The van der Waals surface area contributed by atoms with Crippen LogP contribution in [-0.4, -0.2) is 51.5 Å². The molecule has 24 heavy (non-hydrogen) atoms. The van der Waals surface area contributed by atoms with Gasteiger partial charge in [0.25, 0.3) is 0 Å². The maximum atomic E-state index is 12.6. The number of hydrogen-bond donors (Lipinski definition) is 2. The third kappa shape index (κ3) is 3.48. The lowest BCUT2D eigenvalue weighted by Crippen LogP contribution is -2.59. The SMILES string of the molecule is Cl.Cl.O=C(C1NCCc2[nH]cnc21)N1CC(Oc2cccnc2)C1. The van der Waals surface area contributed by atoms with Crippen LogP contribution in [0, 0.1) is 0 Å². The Morgan fingerprint density at radius 1 is 1.33 bits per heavy atom. The highest BCUT2D eigenvalue weighted by Crippen LogP contribution is 2.25. The molecule has 2 N–H and O–H groups in total. The number of rotatable bonds is 3. The first-order valence-corrected chi connectivity index (χ1v) is 7.42. The van der Waals surface area contributed by atoms with Crippen molar-refractivity contribution in [3.63, 3.8) is 0 Å². The van der Waals surface area contributed by atoms with Gasteiger partial charge < -0.3 is 19.9 Å². The van der Waals surface area contributed by atoms with Crippen LogP contribution in [0.25, 0.3) is 0 Å². The first kappa shape index (κ1) is 18.5. The number of nitrogens with one attached hydrogen (secondary N) is 2. The molecule has 4 heterocycles. The molecule has 2 aromatic heterocycles. The summed E-state index contributed by atoms with van der Waals surface area (Å²) in [6.45, 7) is 1.99. The minimum atomic E-state index is -0.339. The normalized spacial score (nSPS) is 19.3. The average molecular weight is 372 g/mol. The van der Waals surface area contributed by atoms with E-state index in [-0.39, 0.29) is 42.9 Å². The summed E-state index contributed by atoms with van der Waals surface area (Å²) in [5.41, 5.74) is 1.88. The van der Waals surface area contributed by atoms with E-state index in [1.807, 2.05) is 17.0 Å². The van der Waals surface area contributed by atoms with Gasteiger partial charge in [-0.05, 0) is 12.1 Å². The first-order chi connectivity index (χ1) is 10.8. The van der Waals surface area contributed by atoms with Crippen molar-refractivity contribution >= 4 is 30.7 Å². The molecular formula is C15H19Cl2N5O2. The maximum Gasteiger partial charge on any atom is 0.246 e. The van der Waals surface area contributed by atoms with Crippen LogP contribution in [0.2, 0.25) is 0 Å². The van der Waals surface area contributed by atoms with Gasteiger partial charge in [-0.15, -0.1) is 24.8 Å². The number of fused-ring (bicyclic) bond motifs is 1. The van der Waals surface area contributed by atoms with Crippen molar-refractivity contribution < 1.29 is 9.53 Å². The molecule has 0 bridgehead atoms. The van der Waals surface area contributed by atoms with Crippen LogP contribution in [0.4, 0.5) is 0 Å². The fourth-order valence-corrected chi connectivity index (χ4v) is 2.91. The molecule has 1 fully saturated rings. The van der Waals surface area contributed by atoms with Crippen LogP contribution in [0.15, 0.2) is 30.9 Å². The number of aromatic nitrogens is 3. The largest absolute Gasteiger partial charge is 0.485 e. The number of halogens is 2. The Bertz CT molecular complexity index is 676. The van der Waals surface area contributed by atoms with Crippen LogP contribution in [-0.2, 0) is 11.2 Å². The van der Waals surface area contributed by atoms with Gasteiger partial charge in [0, 0.05) is 24.9 Å². The molecule has 1 atom stereocenters. The number of nitrogens with zero attached hydrogens (tertiary/aromatic N) is 3. The zero-order valence-electron chi connectivity index (χ0n) is 12.8. The van der Waals surface area contributed by atoms with Crippen molar-refractivity contribution in [3.05, 3.63) is 42.2 Å². The Morgan fingerprint density at radius 3 is 2.92 bits per heavy atom. The van der Waals surface area contributed by atoms with Crippen LogP contribution in [0.3, 0.4) is 0 Å². The second-order valence-corrected chi connectivity index (χ2v) is 5.58. The van der Waals surface area contributed by atoms with Crippen molar-refractivity contribution in [1.82, 2.24) is 25.2 Å². The molecule has 2 aliphatic rings. The van der Waals surface area contributed by atoms with Gasteiger partial charge in [-0.3, -0.25) is 9.78 Å². The third-order valence-electron chi connectivity index (χ3n) is 4.09. The van der Waals surface area contributed by atoms with Crippen LogP contribution in [0.1, 0.15) is 17.4 Å². The predicted octanol–water partition coefficient (Wildman–Crippen LogP) is 1.12. The molecule has 1 amide bonds. The quantitative estimate of drug-likeness (QED) is 0.844. The molecular weight excluding hydrogens is 353 g/mol. The zero-order chi connectivity index (χ0) is 14.9. The van der Waals surface area contributed by atoms with E-state index in [2.05, 4.69) is 20.3 Å². The lowest BCUT2D eigenvalue weighted by atomic mass is 10.0. The summed E-state index contributed by atoms with van der Waals surface area (Å²) in [6.07, 6.45) is 5.97. The molecule has 7 nitrogen and oxygen atoms in total. The molecule has 4 rings (SSSR count). The van der Waals surface area contributed by atoms with Crippen LogP contribution in [0.5, 0.6) is 5.75 Å². The molecule has 0 spiro atoms. The van der Waals surface area contributed by atoms with E-state index in [4.69, 9.17) is 4.74 Å². The van der Waals surface area contributed by atoms with Gasteiger partial charge in [-0.2, -0.15) is 0 Å². The lowest BCUT2D eigenvalue weighted by molar-refractivity contribution is -0.142. The molecule has 1 unspecified atom stereocenters. The van der Waals surface area contributed by atoms with Gasteiger partial charge in [0.1, 0.15) is 17.9 Å². The van der Waals surface area contributed by atoms with Crippen molar-refractivity contribution in [3.8, 4) is 5.75 Å². The number of carbonyl (C=O) groups is 1. The molecule has 0 aromatic carbocycles. The highest BCUT2D eigenvalue weighted by atomic mass is 35.5. The lowest BCUT2D eigenvalue weighted by Gasteiger charge is -2.41. The molecule has 1 saturated heterocycles. The standard InChI is InChI=1S/C15H17N5O2.2ClH/c21-15(14-13-12(3-5-17-14)18-9-19-13)20-7-11(8-20)22-10-2-1-4-16-6-10;;/h1-2,4,6,9,11,14,17H,3,5,7-8H2,(H,18,19);2*1H. The van der Waals surface area contributed by atoms with E-state index < -0.39 is 0 Å². The summed E-state index contributed by atoms with van der Waals surface area (Å²) in [4.78, 5) is 25.8. The van der Waals surface area contributed by atoms with Crippen molar-refractivity contribution in [1.29, 1.82) is 0 Å². The summed E-state index contributed by atoms with van der Waals surface area (Å²) in [7, 11) is 0. The van der Waals surface area contributed by atoms with E-state index in [1.54, 1.807) is 18.7 Å². The highest BCUT2D eigenvalue weighted by Gasteiger charge is 2.38. The number of H-pyrrole nitrogens is 1. The minimum Gasteiger partial charge on any atom is -0.485 e. The fourth-order valence-electron chi connectivity index (χ4n) is 2.91. The number of hydrogen-bond acceptors (Lipinski definition) is 5. The number of pyridine rings is 1. The minimum absolute atomic E-state index is 0. The summed E-state index contributed by atoms with van der Waals surface area (Å²) in [5.74, 6) is 0.809. The fraction of sp³-hybridized carbons (Fsp3) is 0.400. The van der Waals surface area contributed by atoms with Crippen LogP contribution < -0.4 is 10.1 Å². The average Bonchev–Trinajstić information content (AvgIpc) is 2.99. The smallest absolute Gasteiger partial charge is 0.246 e. The summed E-state index contributed by atoms with van der Waals surface area (Å²) >= 11 is 0. The Hall–Kier alpha value is -1.83. The van der Waals surface area contributed by atoms with Gasteiger partial charge in [0.05, 0.1) is 31.3 Å². The summed E-state index contributed by atoms with van der Waals surface area (Å²) in [6, 6.07) is 3.37. The molecule has 0 radical (unpaired) electrons. The van der Waals surface area contributed by atoms with E-state index >= 15 is 0 Å². The van der Waals surface area contributed by atoms with E-state index in [0.29, 0.717) is 13.1 Å². The number of carbonyl (C=O) groups excluding carboxylic acids is 1. The van der Waals surface area contributed by atoms with Gasteiger partial charge in [0.15, 0.2) is 0 Å². The number of aromatic amines is 1. The predicted molar refractivity (Wildman–Crippen MR) is 92.8 cm³/mol.